The molecular formula is C20H21F2NO. The molecule has 2 unspecified atom stereocenters. The van der Waals surface area contributed by atoms with Gasteiger partial charge < -0.3 is 5.11 Å². The Morgan fingerprint density at radius 2 is 1.54 bits per heavy atom. The Labute approximate surface area is 140 Å². The Morgan fingerprint density at radius 3 is 2.12 bits per heavy atom. The number of halogens is 2. The molecule has 0 radical (unpaired) electrons. The van der Waals surface area contributed by atoms with Gasteiger partial charge in [0.05, 0.1) is 5.60 Å². The third kappa shape index (κ3) is 2.85. The van der Waals surface area contributed by atoms with Gasteiger partial charge in [0, 0.05) is 24.7 Å². The van der Waals surface area contributed by atoms with E-state index in [0.29, 0.717) is 18.4 Å². The van der Waals surface area contributed by atoms with E-state index in [2.05, 4.69) is 17.0 Å². The number of rotatable bonds is 3. The zero-order valence-corrected chi connectivity index (χ0v) is 13.5. The van der Waals surface area contributed by atoms with Gasteiger partial charge >= 0.3 is 0 Å². The van der Waals surface area contributed by atoms with Crippen molar-refractivity contribution >= 4 is 0 Å². The normalized spacial score (nSPS) is 29.8. The Bertz CT molecular complexity index is 699. The lowest BCUT2D eigenvalue weighted by Gasteiger charge is -2.44. The molecule has 2 nitrogen and oxygen atoms in total. The number of hydrogen-bond donors (Lipinski definition) is 1. The smallest absolute Gasteiger partial charge is 0.126 e. The first-order valence-electron chi connectivity index (χ1n) is 8.52. The summed E-state index contributed by atoms with van der Waals surface area (Å²) >= 11 is 0. The van der Waals surface area contributed by atoms with Crippen molar-refractivity contribution in [2.75, 3.05) is 0 Å². The summed E-state index contributed by atoms with van der Waals surface area (Å²) in [6.45, 7) is 0.865. The van der Waals surface area contributed by atoms with Crippen LogP contribution in [0.25, 0.3) is 0 Å². The number of piperidine rings is 1. The lowest BCUT2D eigenvalue weighted by atomic mass is 9.80. The summed E-state index contributed by atoms with van der Waals surface area (Å²) in [5, 5.41) is 11.1. The summed E-state index contributed by atoms with van der Waals surface area (Å²) < 4.78 is 27.1. The Balaban J connectivity index is 1.57. The molecule has 2 saturated heterocycles. The molecule has 2 fully saturated rings. The second-order valence-corrected chi connectivity index (χ2v) is 7.14. The van der Waals surface area contributed by atoms with Crippen molar-refractivity contribution < 1.29 is 13.9 Å². The quantitative estimate of drug-likeness (QED) is 0.921. The van der Waals surface area contributed by atoms with Gasteiger partial charge in [0.25, 0.3) is 0 Å². The molecule has 2 heterocycles. The Hall–Kier alpha value is -1.78. The monoisotopic (exact) mass is 329 g/mol. The highest BCUT2D eigenvalue weighted by Crippen LogP contribution is 2.46. The zero-order chi connectivity index (χ0) is 16.7. The van der Waals surface area contributed by atoms with E-state index in [1.165, 1.54) is 17.7 Å². The van der Waals surface area contributed by atoms with E-state index in [0.717, 1.165) is 25.5 Å². The van der Waals surface area contributed by atoms with Crippen LogP contribution >= 0.6 is 0 Å². The van der Waals surface area contributed by atoms with Crippen LogP contribution < -0.4 is 0 Å². The van der Waals surface area contributed by atoms with Crippen molar-refractivity contribution in [2.24, 2.45) is 0 Å². The fourth-order valence-corrected chi connectivity index (χ4v) is 4.43. The average molecular weight is 329 g/mol. The maximum atomic E-state index is 13.6. The van der Waals surface area contributed by atoms with E-state index in [1.54, 1.807) is 0 Å². The zero-order valence-electron chi connectivity index (χ0n) is 13.5. The predicted molar refractivity (Wildman–Crippen MR) is 88.3 cm³/mol. The number of nitrogens with zero attached hydrogens (tertiary/aromatic N) is 1. The molecule has 2 bridgehead atoms. The van der Waals surface area contributed by atoms with Crippen LogP contribution in [0.15, 0.2) is 48.5 Å². The van der Waals surface area contributed by atoms with Gasteiger partial charge in [-0.3, -0.25) is 4.90 Å². The predicted octanol–water partition coefficient (Wildman–Crippen LogP) is 3.98. The van der Waals surface area contributed by atoms with E-state index in [4.69, 9.17) is 0 Å². The van der Waals surface area contributed by atoms with Gasteiger partial charge in [-0.05, 0) is 48.9 Å². The summed E-state index contributed by atoms with van der Waals surface area (Å²) in [6, 6.07) is 14.2. The number of fused-ring (bicyclic) bond motifs is 2. The third-order valence-electron chi connectivity index (χ3n) is 5.53. The standard InChI is InChI=1S/C20H21F2NO/c21-16-8-15(9-17(22)10-16)20(24)11-18-6-7-19(12-20)23(18)13-14-4-2-1-3-5-14/h1-5,8-10,18-19,24H,6-7,11-13H2. The van der Waals surface area contributed by atoms with Crippen LogP contribution in [0.4, 0.5) is 8.78 Å². The minimum Gasteiger partial charge on any atom is -0.385 e. The van der Waals surface area contributed by atoms with Crippen LogP contribution in [0, 0.1) is 11.6 Å². The topological polar surface area (TPSA) is 23.5 Å². The molecular weight excluding hydrogens is 308 g/mol. The second-order valence-electron chi connectivity index (χ2n) is 7.14. The first-order chi connectivity index (χ1) is 11.5. The van der Waals surface area contributed by atoms with Crippen molar-refractivity contribution in [1.82, 2.24) is 4.90 Å². The lowest BCUT2D eigenvalue weighted by molar-refractivity contribution is -0.0598. The van der Waals surface area contributed by atoms with Gasteiger partial charge in [0.2, 0.25) is 0 Å². The minimum atomic E-state index is -1.14. The number of aliphatic hydroxyl groups is 1. The van der Waals surface area contributed by atoms with Crippen LogP contribution in [-0.4, -0.2) is 22.1 Å². The molecule has 0 saturated carbocycles. The molecule has 0 spiro atoms. The summed E-state index contributed by atoms with van der Waals surface area (Å²) in [5.74, 6) is -1.25. The van der Waals surface area contributed by atoms with E-state index in [1.807, 2.05) is 18.2 Å². The largest absolute Gasteiger partial charge is 0.385 e. The van der Waals surface area contributed by atoms with Gasteiger partial charge in [-0.2, -0.15) is 0 Å². The molecule has 2 aromatic carbocycles. The van der Waals surface area contributed by atoms with Gasteiger partial charge in [0.1, 0.15) is 11.6 Å². The van der Waals surface area contributed by atoms with E-state index in [-0.39, 0.29) is 12.1 Å². The fourth-order valence-electron chi connectivity index (χ4n) is 4.43. The van der Waals surface area contributed by atoms with Crippen LogP contribution in [0.3, 0.4) is 0 Å². The van der Waals surface area contributed by atoms with Crippen LogP contribution in [0.1, 0.15) is 36.8 Å². The molecule has 126 valence electrons. The molecule has 1 N–H and O–H groups in total. The molecule has 4 heteroatoms. The molecule has 2 aliphatic rings. The van der Waals surface area contributed by atoms with E-state index >= 15 is 0 Å². The highest BCUT2D eigenvalue weighted by Gasteiger charge is 2.48. The lowest BCUT2D eigenvalue weighted by Crippen LogP contribution is -2.49. The fraction of sp³-hybridized carbons (Fsp3) is 0.400. The van der Waals surface area contributed by atoms with Crippen molar-refractivity contribution in [3.63, 3.8) is 0 Å². The van der Waals surface area contributed by atoms with Gasteiger partial charge in [-0.25, -0.2) is 8.78 Å². The molecule has 0 amide bonds. The first-order valence-corrected chi connectivity index (χ1v) is 8.52. The first kappa shape index (κ1) is 15.7. The minimum absolute atomic E-state index is 0.250. The van der Waals surface area contributed by atoms with E-state index < -0.39 is 17.2 Å². The third-order valence-corrected chi connectivity index (χ3v) is 5.53. The van der Waals surface area contributed by atoms with Gasteiger partial charge in [0.15, 0.2) is 0 Å². The number of benzene rings is 2. The summed E-state index contributed by atoms with van der Waals surface area (Å²) in [5.41, 5.74) is 0.495. The van der Waals surface area contributed by atoms with Crippen molar-refractivity contribution in [3.8, 4) is 0 Å². The highest BCUT2D eigenvalue weighted by molar-refractivity contribution is 5.27. The highest BCUT2D eigenvalue weighted by atomic mass is 19.1. The second kappa shape index (κ2) is 5.94. The van der Waals surface area contributed by atoms with Gasteiger partial charge in [-0.15, -0.1) is 0 Å². The Morgan fingerprint density at radius 1 is 0.958 bits per heavy atom. The molecule has 0 aromatic heterocycles. The van der Waals surface area contributed by atoms with Gasteiger partial charge in [-0.1, -0.05) is 30.3 Å². The summed E-state index contributed by atoms with van der Waals surface area (Å²) in [4.78, 5) is 2.44. The SMILES string of the molecule is OC1(c2cc(F)cc(F)c2)CC2CCC(C1)N2Cc1ccccc1. The van der Waals surface area contributed by atoms with E-state index in [9.17, 15) is 13.9 Å². The molecule has 2 atom stereocenters. The van der Waals surface area contributed by atoms with Crippen LogP contribution in [0.2, 0.25) is 0 Å². The van der Waals surface area contributed by atoms with Crippen molar-refractivity contribution in [2.45, 2.75) is 49.9 Å². The summed E-state index contributed by atoms with van der Waals surface area (Å²) in [6.07, 6.45) is 3.10. The molecule has 24 heavy (non-hydrogen) atoms. The molecule has 4 rings (SSSR count). The maximum Gasteiger partial charge on any atom is 0.126 e. The molecule has 2 aliphatic heterocycles. The average Bonchev–Trinajstić information content (AvgIpc) is 2.79. The Kier molecular flexibility index (Phi) is 3.89. The summed E-state index contributed by atoms with van der Waals surface area (Å²) in [7, 11) is 0. The van der Waals surface area contributed by atoms with Crippen LogP contribution in [0.5, 0.6) is 0 Å². The van der Waals surface area contributed by atoms with Crippen molar-refractivity contribution in [3.05, 3.63) is 71.3 Å². The number of hydrogen-bond acceptors (Lipinski definition) is 2. The maximum absolute atomic E-state index is 13.6. The van der Waals surface area contributed by atoms with Crippen LogP contribution in [-0.2, 0) is 12.1 Å². The van der Waals surface area contributed by atoms with Crippen molar-refractivity contribution in [1.29, 1.82) is 0 Å². The molecule has 0 aliphatic carbocycles. The molecule has 2 aromatic rings.